The molecule has 1 aliphatic heterocycles. The normalized spacial score (nSPS) is 24.5. The van der Waals surface area contributed by atoms with Crippen LogP contribution in [-0.4, -0.2) is 61.1 Å². The molecule has 0 bridgehead atoms. The highest BCUT2D eigenvalue weighted by molar-refractivity contribution is 5.78. The summed E-state index contributed by atoms with van der Waals surface area (Å²) in [5, 5.41) is 3.62. The summed E-state index contributed by atoms with van der Waals surface area (Å²) in [6.45, 7) is 19.2. The first-order chi connectivity index (χ1) is 17.0. The number of hydrogen-bond donors (Lipinski definition) is 0. The highest BCUT2D eigenvalue weighted by Gasteiger charge is 2.54. The van der Waals surface area contributed by atoms with Gasteiger partial charge in [-0.3, -0.25) is 19.2 Å². The average Bonchev–Trinajstić information content (AvgIpc) is 2.73. The highest BCUT2D eigenvalue weighted by atomic mass is 16.7. The molecule has 12 nitrogen and oxygen atoms in total. The van der Waals surface area contributed by atoms with Crippen molar-refractivity contribution in [3.8, 4) is 0 Å². The molecule has 0 N–H and O–H groups in total. The lowest BCUT2D eigenvalue weighted by atomic mass is 9.92. The van der Waals surface area contributed by atoms with E-state index in [1.165, 1.54) is 0 Å². The Balaban J connectivity index is 3.67. The van der Waals surface area contributed by atoms with Crippen LogP contribution in [0.1, 0.15) is 83.1 Å². The summed E-state index contributed by atoms with van der Waals surface area (Å²) in [6, 6.07) is 0. The summed E-state index contributed by atoms with van der Waals surface area (Å²) in [4.78, 5) is 54.2. The van der Waals surface area contributed by atoms with Gasteiger partial charge < -0.3 is 23.7 Å². The quantitative estimate of drug-likeness (QED) is 0.155. The van der Waals surface area contributed by atoms with E-state index in [9.17, 15) is 24.7 Å². The molecule has 216 valence electrons. The van der Waals surface area contributed by atoms with Gasteiger partial charge in [-0.1, -0.05) is 5.11 Å². The second kappa shape index (κ2) is 11.9. The molecule has 38 heavy (non-hydrogen) atoms. The van der Waals surface area contributed by atoms with Crippen LogP contribution in [0.15, 0.2) is 5.11 Å². The van der Waals surface area contributed by atoms with Gasteiger partial charge in [-0.15, -0.1) is 0 Å². The van der Waals surface area contributed by atoms with Crippen molar-refractivity contribution in [1.29, 1.82) is 0 Å². The largest absolute Gasteiger partial charge is 0.462 e. The fourth-order valence-electron chi connectivity index (χ4n) is 2.85. The molecule has 0 radical (unpaired) electrons. The third-order valence-corrected chi connectivity index (χ3v) is 5.33. The number of nitrogens with zero attached hydrogens (tertiary/aromatic N) is 3. The fourth-order valence-corrected chi connectivity index (χ4v) is 2.85. The van der Waals surface area contributed by atoms with Gasteiger partial charge in [0.1, 0.15) is 12.7 Å². The molecule has 1 saturated heterocycles. The zero-order chi connectivity index (χ0) is 29.9. The van der Waals surface area contributed by atoms with E-state index < -0.39 is 82.8 Å². The number of esters is 4. The summed E-state index contributed by atoms with van der Waals surface area (Å²) in [7, 11) is 0. The van der Waals surface area contributed by atoms with E-state index in [2.05, 4.69) is 10.0 Å². The minimum absolute atomic E-state index is 0.418. The Morgan fingerprint density at radius 1 is 0.658 bits per heavy atom. The summed E-state index contributed by atoms with van der Waals surface area (Å²) in [6.07, 6.45) is -6.97. The predicted octanol–water partition coefficient (Wildman–Crippen LogP) is 4.48. The molecule has 0 aliphatic carbocycles. The van der Waals surface area contributed by atoms with Crippen LogP contribution in [0.2, 0.25) is 0 Å². The summed E-state index contributed by atoms with van der Waals surface area (Å²) >= 11 is 0. The first-order valence-corrected chi connectivity index (χ1v) is 12.5. The topological polar surface area (TPSA) is 163 Å². The van der Waals surface area contributed by atoms with Crippen LogP contribution in [0, 0.1) is 21.7 Å². The minimum atomic E-state index is -1.48. The molecule has 12 heteroatoms. The van der Waals surface area contributed by atoms with Crippen molar-refractivity contribution < 1.29 is 42.9 Å². The van der Waals surface area contributed by atoms with Crippen molar-refractivity contribution in [2.45, 2.75) is 114 Å². The smallest absolute Gasteiger partial charge is 0.311 e. The number of rotatable bonds is 6. The van der Waals surface area contributed by atoms with Crippen molar-refractivity contribution in [2.75, 3.05) is 6.61 Å². The van der Waals surface area contributed by atoms with Crippen LogP contribution in [0.4, 0.5) is 0 Å². The van der Waals surface area contributed by atoms with Crippen LogP contribution < -0.4 is 0 Å². The molecule has 1 heterocycles. The first kappa shape index (κ1) is 33.2. The summed E-state index contributed by atoms with van der Waals surface area (Å²) in [5.41, 5.74) is 5.44. The zero-order valence-electron chi connectivity index (χ0n) is 24.6. The lowest BCUT2D eigenvalue weighted by Crippen LogP contribution is -2.63. The number of hydrogen-bond acceptors (Lipinski definition) is 10. The standard InChI is InChI=1S/C26H43N3O9/c1-23(2,3)19(30)34-13-14-15(36-20(31)24(4,5)6)16(37-21(32)25(7,8)9)17(18(35-14)28-29-27)38-22(33)26(10,11)12/h14-18H,13H2,1-12H3/t14?,15-,16?,17?,18-/m1/s1. The van der Waals surface area contributed by atoms with E-state index in [1.54, 1.807) is 83.1 Å². The molecule has 3 unspecified atom stereocenters. The lowest BCUT2D eigenvalue weighted by molar-refractivity contribution is -0.259. The SMILES string of the molecule is CC(C)(C)C(=O)OCC1O[C@@H](N=[N+]=[N-])C(OC(=O)C(C)(C)C)C(OC(=O)C(C)(C)C)[C@@H]1OC(=O)C(C)(C)C. The van der Waals surface area contributed by atoms with Gasteiger partial charge in [0.25, 0.3) is 0 Å². The van der Waals surface area contributed by atoms with Crippen molar-refractivity contribution >= 4 is 23.9 Å². The average molecular weight is 542 g/mol. The van der Waals surface area contributed by atoms with E-state index in [1.807, 2.05) is 0 Å². The minimum Gasteiger partial charge on any atom is -0.462 e. The summed E-state index contributed by atoms with van der Waals surface area (Å²) in [5.74, 6) is -2.62. The summed E-state index contributed by atoms with van der Waals surface area (Å²) < 4.78 is 28.6. The Kier molecular flexibility index (Phi) is 10.4. The molecule has 1 rings (SSSR count). The Bertz CT molecular complexity index is 945. The van der Waals surface area contributed by atoms with Crippen LogP contribution in [-0.2, 0) is 42.9 Å². The van der Waals surface area contributed by atoms with Gasteiger partial charge in [0.15, 0.2) is 24.5 Å². The maximum absolute atomic E-state index is 13.0. The van der Waals surface area contributed by atoms with Crippen molar-refractivity contribution in [1.82, 2.24) is 0 Å². The Morgan fingerprint density at radius 2 is 1.03 bits per heavy atom. The highest BCUT2D eigenvalue weighted by Crippen LogP contribution is 2.34. The second-order valence-electron chi connectivity index (χ2n) is 13.5. The van der Waals surface area contributed by atoms with Gasteiger partial charge in [-0.2, -0.15) is 0 Å². The van der Waals surface area contributed by atoms with Gasteiger partial charge in [-0.05, 0) is 88.6 Å². The number of azide groups is 1. The number of ether oxygens (including phenoxy) is 5. The zero-order valence-corrected chi connectivity index (χ0v) is 24.6. The molecule has 0 amide bonds. The van der Waals surface area contributed by atoms with Crippen LogP contribution in [0.3, 0.4) is 0 Å². The third kappa shape index (κ3) is 9.16. The molecule has 0 aromatic rings. The maximum Gasteiger partial charge on any atom is 0.311 e. The first-order valence-electron chi connectivity index (χ1n) is 12.5. The molecule has 0 aromatic carbocycles. The molecule has 0 saturated carbocycles. The Hall–Kier alpha value is -2.85. The number of carbonyl (C=O) groups excluding carboxylic acids is 4. The third-order valence-electron chi connectivity index (χ3n) is 5.33. The van der Waals surface area contributed by atoms with Gasteiger partial charge in [0, 0.05) is 4.91 Å². The van der Waals surface area contributed by atoms with Gasteiger partial charge >= 0.3 is 23.9 Å². The van der Waals surface area contributed by atoms with Crippen LogP contribution in [0.5, 0.6) is 0 Å². The molecule has 1 aliphatic rings. The molecule has 1 fully saturated rings. The van der Waals surface area contributed by atoms with Gasteiger partial charge in [0.05, 0.1) is 21.7 Å². The van der Waals surface area contributed by atoms with Crippen molar-refractivity contribution in [3.05, 3.63) is 10.4 Å². The fraction of sp³-hybridized carbons (Fsp3) is 0.846. The van der Waals surface area contributed by atoms with E-state index in [0.717, 1.165) is 0 Å². The maximum atomic E-state index is 13.0. The number of carbonyl (C=O) groups is 4. The Morgan fingerprint density at radius 3 is 1.39 bits per heavy atom. The van der Waals surface area contributed by atoms with Crippen molar-refractivity contribution in [3.63, 3.8) is 0 Å². The van der Waals surface area contributed by atoms with Gasteiger partial charge in [0.2, 0.25) is 0 Å². The molecular formula is C26H43N3O9. The van der Waals surface area contributed by atoms with E-state index in [4.69, 9.17) is 23.7 Å². The molecule has 0 aromatic heterocycles. The second-order valence-corrected chi connectivity index (χ2v) is 13.5. The lowest BCUT2D eigenvalue weighted by Gasteiger charge is -2.45. The van der Waals surface area contributed by atoms with Crippen molar-refractivity contribution in [2.24, 2.45) is 26.8 Å². The molecular weight excluding hydrogens is 498 g/mol. The van der Waals surface area contributed by atoms with E-state index >= 15 is 0 Å². The predicted molar refractivity (Wildman–Crippen MR) is 136 cm³/mol. The monoisotopic (exact) mass is 541 g/mol. The van der Waals surface area contributed by atoms with E-state index in [-0.39, 0.29) is 0 Å². The molecule has 5 atom stereocenters. The van der Waals surface area contributed by atoms with E-state index in [0.29, 0.717) is 0 Å². The van der Waals surface area contributed by atoms with Crippen LogP contribution >= 0.6 is 0 Å². The molecule has 0 spiro atoms. The van der Waals surface area contributed by atoms with Crippen LogP contribution in [0.25, 0.3) is 10.4 Å². The Labute approximate surface area is 224 Å². The van der Waals surface area contributed by atoms with Gasteiger partial charge in [-0.25, -0.2) is 0 Å².